The van der Waals surface area contributed by atoms with Crippen LogP contribution in [-0.2, 0) is 14.8 Å². The molecule has 0 aliphatic rings. The zero-order valence-electron chi connectivity index (χ0n) is 10.7. The van der Waals surface area contributed by atoms with E-state index < -0.39 is 32.7 Å². The van der Waals surface area contributed by atoms with E-state index in [4.69, 9.17) is 5.11 Å². The molecule has 0 bridgehead atoms. The third kappa shape index (κ3) is 4.60. The second kappa shape index (κ2) is 6.12. The second-order valence-corrected chi connectivity index (χ2v) is 6.07. The van der Waals surface area contributed by atoms with E-state index in [2.05, 4.69) is 4.72 Å². The summed E-state index contributed by atoms with van der Waals surface area (Å²) in [5, 5.41) is 8.52. The van der Waals surface area contributed by atoms with Crippen molar-refractivity contribution in [2.75, 3.05) is 0 Å². The first-order chi connectivity index (χ1) is 8.72. The number of hydrogen-bond donors (Lipinski definition) is 2. The SMILES string of the molecule is Cc1ccc(F)c(S(=O)(=O)NC(C)CCC(=O)O)c1. The van der Waals surface area contributed by atoms with E-state index in [9.17, 15) is 17.6 Å². The van der Waals surface area contributed by atoms with Gasteiger partial charge in [-0.3, -0.25) is 4.79 Å². The van der Waals surface area contributed by atoms with Crippen molar-refractivity contribution < 1.29 is 22.7 Å². The lowest BCUT2D eigenvalue weighted by Gasteiger charge is -2.14. The van der Waals surface area contributed by atoms with E-state index in [1.165, 1.54) is 19.1 Å². The Bertz CT molecular complexity index is 571. The molecule has 0 saturated heterocycles. The number of rotatable bonds is 6. The van der Waals surface area contributed by atoms with Crippen molar-refractivity contribution in [3.8, 4) is 0 Å². The summed E-state index contributed by atoms with van der Waals surface area (Å²) in [6.07, 6.45) is -0.0119. The zero-order chi connectivity index (χ0) is 14.6. The first kappa shape index (κ1) is 15.6. The largest absolute Gasteiger partial charge is 0.481 e. The predicted octanol–water partition coefficient (Wildman–Crippen LogP) is 1.67. The Kier molecular flexibility index (Phi) is 5.02. The molecule has 5 nitrogen and oxygen atoms in total. The van der Waals surface area contributed by atoms with Gasteiger partial charge >= 0.3 is 5.97 Å². The predicted molar refractivity (Wildman–Crippen MR) is 67.8 cm³/mol. The molecule has 0 fully saturated rings. The average Bonchev–Trinajstić information content (AvgIpc) is 2.29. The Hall–Kier alpha value is -1.47. The van der Waals surface area contributed by atoms with Crippen LogP contribution in [0.25, 0.3) is 0 Å². The van der Waals surface area contributed by atoms with Crippen molar-refractivity contribution in [1.82, 2.24) is 4.72 Å². The highest BCUT2D eigenvalue weighted by atomic mass is 32.2. The van der Waals surface area contributed by atoms with Gasteiger partial charge in [0, 0.05) is 12.5 Å². The van der Waals surface area contributed by atoms with Gasteiger partial charge in [0.25, 0.3) is 0 Å². The monoisotopic (exact) mass is 289 g/mol. The number of carbonyl (C=O) groups is 1. The molecule has 7 heteroatoms. The topological polar surface area (TPSA) is 83.5 Å². The maximum Gasteiger partial charge on any atom is 0.303 e. The molecule has 19 heavy (non-hydrogen) atoms. The van der Waals surface area contributed by atoms with E-state index >= 15 is 0 Å². The van der Waals surface area contributed by atoms with Gasteiger partial charge in [-0.05, 0) is 38.0 Å². The van der Waals surface area contributed by atoms with E-state index in [0.29, 0.717) is 5.56 Å². The van der Waals surface area contributed by atoms with Crippen LogP contribution < -0.4 is 4.72 Å². The maximum atomic E-state index is 13.5. The summed E-state index contributed by atoms with van der Waals surface area (Å²) >= 11 is 0. The summed E-state index contributed by atoms with van der Waals surface area (Å²) in [5.74, 6) is -1.84. The molecule has 1 atom stereocenters. The molecular formula is C12H16FNO4S. The van der Waals surface area contributed by atoms with Crippen LogP contribution in [0.3, 0.4) is 0 Å². The molecule has 0 amide bonds. The number of carboxylic acids is 1. The lowest BCUT2D eigenvalue weighted by Crippen LogP contribution is -2.33. The minimum Gasteiger partial charge on any atom is -0.481 e. The molecule has 0 aliphatic carbocycles. The smallest absolute Gasteiger partial charge is 0.303 e. The minimum atomic E-state index is -3.98. The molecule has 0 spiro atoms. The van der Waals surface area contributed by atoms with Crippen molar-refractivity contribution in [2.24, 2.45) is 0 Å². The number of benzene rings is 1. The maximum absolute atomic E-state index is 13.5. The number of nitrogens with one attached hydrogen (secondary N) is 1. The summed E-state index contributed by atoms with van der Waals surface area (Å²) in [6, 6.07) is 3.22. The van der Waals surface area contributed by atoms with Crippen LogP contribution in [0.2, 0.25) is 0 Å². The summed E-state index contributed by atoms with van der Waals surface area (Å²) in [5.41, 5.74) is 0.625. The summed E-state index contributed by atoms with van der Waals surface area (Å²) in [4.78, 5) is 9.98. The van der Waals surface area contributed by atoms with Crippen molar-refractivity contribution in [1.29, 1.82) is 0 Å². The first-order valence-electron chi connectivity index (χ1n) is 5.72. The molecule has 0 heterocycles. The van der Waals surface area contributed by atoms with E-state index in [-0.39, 0.29) is 12.8 Å². The van der Waals surface area contributed by atoms with Crippen LogP contribution in [0.4, 0.5) is 4.39 Å². The van der Waals surface area contributed by atoms with Gasteiger partial charge < -0.3 is 5.11 Å². The quantitative estimate of drug-likeness (QED) is 0.834. The Morgan fingerprint density at radius 3 is 2.68 bits per heavy atom. The highest BCUT2D eigenvalue weighted by molar-refractivity contribution is 7.89. The first-order valence-corrected chi connectivity index (χ1v) is 7.21. The van der Waals surface area contributed by atoms with Gasteiger partial charge in [0.15, 0.2) is 0 Å². The molecule has 0 saturated carbocycles. The lowest BCUT2D eigenvalue weighted by molar-refractivity contribution is -0.137. The van der Waals surface area contributed by atoms with Gasteiger partial charge in [-0.2, -0.15) is 0 Å². The third-order valence-corrected chi connectivity index (χ3v) is 4.13. The average molecular weight is 289 g/mol. The van der Waals surface area contributed by atoms with Crippen molar-refractivity contribution in [2.45, 2.75) is 37.6 Å². The molecule has 1 unspecified atom stereocenters. The fourth-order valence-electron chi connectivity index (χ4n) is 1.54. The van der Waals surface area contributed by atoms with Crippen molar-refractivity contribution in [3.63, 3.8) is 0 Å². The number of aryl methyl sites for hydroxylation is 1. The molecule has 2 N–H and O–H groups in total. The zero-order valence-corrected chi connectivity index (χ0v) is 11.5. The standard InChI is InChI=1S/C12H16FNO4S/c1-8-3-5-10(13)11(7-8)19(17,18)14-9(2)4-6-12(15)16/h3,5,7,9,14H,4,6H2,1-2H3,(H,15,16). The Balaban J connectivity index is 2.86. The van der Waals surface area contributed by atoms with Crippen molar-refractivity contribution >= 4 is 16.0 Å². The van der Waals surface area contributed by atoms with Gasteiger partial charge in [-0.1, -0.05) is 6.07 Å². The van der Waals surface area contributed by atoms with Crippen LogP contribution in [0.5, 0.6) is 0 Å². The molecule has 0 aliphatic heterocycles. The molecule has 0 radical (unpaired) electrons. The highest BCUT2D eigenvalue weighted by Gasteiger charge is 2.21. The fourth-order valence-corrected chi connectivity index (χ4v) is 2.98. The van der Waals surface area contributed by atoms with Crippen LogP contribution in [0.15, 0.2) is 23.1 Å². The molecule has 1 rings (SSSR count). The number of halogens is 1. The van der Waals surface area contributed by atoms with Gasteiger partial charge in [-0.25, -0.2) is 17.5 Å². The van der Waals surface area contributed by atoms with Gasteiger partial charge in [-0.15, -0.1) is 0 Å². The van der Waals surface area contributed by atoms with Crippen LogP contribution in [-0.4, -0.2) is 25.5 Å². The minimum absolute atomic E-state index is 0.141. The van der Waals surface area contributed by atoms with Gasteiger partial charge in [0.1, 0.15) is 10.7 Å². The van der Waals surface area contributed by atoms with E-state index in [1.807, 2.05) is 0 Å². The highest BCUT2D eigenvalue weighted by Crippen LogP contribution is 2.16. The number of sulfonamides is 1. The molecule has 0 aromatic heterocycles. The van der Waals surface area contributed by atoms with Crippen LogP contribution >= 0.6 is 0 Å². The van der Waals surface area contributed by atoms with Gasteiger partial charge in [0.05, 0.1) is 0 Å². The molecule has 1 aromatic rings. The summed E-state index contributed by atoms with van der Waals surface area (Å²) in [6.45, 7) is 3.19. The number of carboxylic acid groups (broad SMARTS) is 1. The normalized spacial score (nSPS) is 13.2. The Labute approximate surface area is 111 Å². The summed E-state index contributed by atoms with van der Waals surface area (Å²) in [7, 11) is -3.98. The van der Waals surface area contributed by atoms with E-state index in [1.54, 1.807) is 6.92 Å². The van der Waals surface area contributed by atoms with E-state index in [0.717, 1.165) is 6.07 Å². The van der Waals surface area contributed by atoms with Crippen LogP contribution in [0, 0.1) is 12.7 Å². The molecular weight excluding hydrogens is 273 g/mol. The fraction of sp³-hybridized carbons (Fsp3) is 0.417. The second-order valence-electron chi connectivity index (χ2n) is 4.39. The number of aliphatic carboxylic acids is 1. The molecule has 1 aromatic carbocycles. The van der Waals surface area contributed by atoms with Gasteiger partial charge in [0.2, 0.25) is 10.0 Å². The Morgan fingerprint density at radius 2 is 2.11 bits per heavy atom. The summed E-state index contributed by atoms with van der Waals surface area (Å²) < 4.78 is 39.7. The third-order valence-electron chi connectivity index (χ3n) is 2.52. The lowest BCUT2D eigenvalue weighted by atomic mass is 10.2. The number of hydrogen-bond acceptors (Lipinski definition) is 3. The van der Waals surface area contributed by atoms with Crippen LogP contribution in [0.1, 0.15) is 25.3 Å². The Morgan fingerprint density at radius 1 is 1.47 bits per heavy atom. The molecule has 106 valence electrons. The van der Waals surface area contributed by atoms with Crippen molar-refractivity contribution in [3.05, 3.63) is 29.6 Å².